The van der Waals surface area contributed by atoms with Gasteiger partial charge < -0.3 is 0 Å². The molecule has 0 aromatic heterocycles. The lowest BCUT2D eigenvalue weighted by Crippen LogP contribution is -2.01. The van der Waals surface area contributed by atoms with E-state index in [4.69, 9.17) is 0 Å². The lowest BCUT2D eigenvalue weighted by molar-refractivity contribution is 0.798. The predicted molar refractivity (Wildman–Crippen MR) is 55.9 cm³/mol. The molecule has 0 aliphatic carbocycles. The zero-order valence-corrected chi connectivity index (χ0v) is 9.35. The lowest BCUT2D eigenvalue weighted by atomic mass is 10.2. The van der Waals surface area contributed by atoms with Gasteiger partial charge in [-0.2, -0.15) is 0 Å². The van der Waals surface area contributed by atoms with Gasteiger partial charge in [-0.15, -0.1) is 0 Å². The van der Waals surface area contributed by atoms with E-state index in [9.17, 15) is 0 Å². The second kappa shape index (κ2) is 5.26. The third kappa shape index (κ3) is 5.59. The van der Waals surface area contributed by atoms with Crippen molar-refractivity contribution in [1.82, 2.24) is 0 Å². The normalized spacial score (nSPS) is 18.0. The molecule has 0 amide bonds. The Morgan fingerprint density at radius 1 is 1.50 bits per heavy atom. The quantitative estimate of drug-likeness (QED) is 0.548. The molecule has 0 aromatic carbocycles. The maximum atomic E-state index is 3.83. The van der Waals surface area contributed by atoms with Crippen molar-refractivity contribution in [3.05, 3.63) is 6.92 Å². The summed E-state index contributed by atoms with van der Waals surface area (Å²) in [5.74, 6) is 0. The third-order valence-corrected chi connectivity index (χ3v) is 2.53. The highest BCUT2D eigenvalue weighted by atomic mass is 127. The van der Waals surface area contributed by atoms with Crippen LogP contribution in [0.25, 0.3) is 0 Å². The maximum Gasteiger partial charge on any atom is 0.0119 e. The van der Waals surface area contributed by atoms with Crippen LogP contribution in [0.3, 0.4) is 0 Å². The molecule has 0 saturated heterocycles. The minimum Gasteiger partial charge on any atom is -0.0829 e. The van der Waals surface area contributed by atoms with E-state index in [-0.39, 0.29) is 0 Å². The van der Waals surface area contributed by atoms with Crippen LogP contribution in [-0.4, -0.2) is 7.85 Å². The fourth-order valence-electron chi connectivity index (χ4n) is 0.470. The zero-order valence-electron chi connectivity index (χ0n) is 5.03. The first-order valence-corrected chi connectivity index (χ1v) is 5.23. The van der Waals surface area contributed by atoms with E-state index in [1.54, 1.807) is 0 Å². The summed E-state index contributed by atoms with van der Waals surface area (Å²) in [6.45, 7) is 6.07. The molecule has 0 nitrogen and oxygen atoms in total. The van der Waals surface area contributed by atoms with Gasteiger partial charge in [-0.3, -0.25) is 0 Å². The lowest BCUT2D eigenvalue weighted by Gasteiger charge is -2.06. The number of rotatable bonds is 3. The molecule has 2 unspecified atom stereocenters. The van der Waals surface area contributed by atoms with E-state index in [0.29, 0.717) is 0 Å². The van der Waals surface area contributed by atoms with Crippen LogP contribution in [0.2, 0.25) is 0 Å². The molecule has 0 N–H and O–H groups in total. The van der Waals surface area contributed by atoms with Crippen molar-refractivity contribution in [1.29, 1.82) is 0 Å². The van der Waals surface area contributed by atoms with Crippen LogP contribution in [0.4, 0.5) is 0 Å². The van der Waals surface area contributed by atoms with Gasteiger partial charge in [0.25, 0.3) is 0 Å². The Balaban J connectivity index is 3.10. The second-order valence-electron chi connectivity index (χ2n) is 1.90. The highest BCUT2D eigenvalue weighted by molar-refractivity contribution is 14.1. The summed E-state index contributed by atoms with van der Waals surface area (Å²) in [6, 6.07) is 0. The van der Waals surface area contributed by atoms with E-state index >= 15 is 0 Å². The Hall–Kier alpha value is 1.46. The molecular formula is C6H11I2. The van der Waals surface area contributed by atoms with Crippen LogP contribution in [0, 0.1) is 6.92 Å². The number of hydrogen-bond donors (Lipinski definition) is 0. The van der Waals surface area contributed by atoms with Crippen molar-refractivity contribution < 1.29 is 0 Å². The molecule has 0 saturated carbocycles. The summed E-state index contributed by atoms with van der Waals surface area (Å²) in [5, 5.41) is 0. The molecule has 0 rings (SSSR count). The first kappa shape index (κ1) is 9.46. The topological polar surface area (TPSA) is 0 Å². The smallest absolute Gasteiger partial charge is 0.0119 e. The average Bonchev–Trinajstić information content (AvgIpc) is 1.65. The Kier molecular flexibility index (Phi) is 6.22. The highest BCUT2D eigenvalue weighted by Crippen LogP contribution is 2.16. The molecule has 0 aliphatic rings. The van der Waals surface area contributed by atoms with Gasteiger partial charge in [0.2, 0.25) is 0 Å². The van der Waals surface area contributed by atoms with Crippen molar-refractivity contribution in [2.75, 3.05) is 0 Å². The molecule has 0 spiro atoms. The Morgan fingerprint density at radius 3 is 2.12 bits per heavy atom. The van der Waals surface area contributed by atoms with Crippen LogP contribution in [-0.2, 0) is 0 Å². The van der Waals surface area contributed by atoms with Gasteiger partial charge in [0.15, 0.2) is 0 Å². The van der Waals surface area contributed by atoms with Gasteiger partial charge >= 0.3 is 0 Å². The van der Waals surface area contributed by atoms with Gasteiger partial charge in [0.05, 0.1) is 0 Å². The fourth-order valence-corrected chi connectivity index (χ4v) is 2.82. The summed E-state index contributed by atoms with van der Waals surface area (Å²) in [7, 11) is 0. The van der Waals surface area contributed by atoms with E-state index < -0.39 is 0 Å². The summed E-state index contributed by atoms with van der Waals surface area (Å²) in [4.78, 5) is 0. The number of halogens is 2. The highest BCUT2D eigenvalue weighted by Gasteiger charge is 2.03. The van der Waals surface area contributed by atoms with Crippen LogP contribution in [0.5, 0.6) is 0 Å². The minimum atomic E-state index is 0.777. The molecular weight excluding hydrogens is 326 g/mol. The van der Waals surface area contributed by atoms with Gasteiger partial charge in [0.1, 0.15) is 0 Å². The van der Waals surface area contributed by atoms with Gasteiger partial charge in [-0.1, -0.05) is 59.0 Å². The molecule has 2 heteroatoms. The molecule has 0 heterocycles. The first-order valence-electron chi connectivity index (χ1n) is 2.74. The van der Waals surface area contributed by atoms with Crippen molar-refractivity contribution in [2.45, 2.75) is 27.6 Å². The molecule has 49 valence electrons. The molecule has 8 heavy (non-hydrogen) atoms. The average molecular weight is 337 g/mol. The third-order valence-electron chi connectivity index (χ3n) is 0.894. The van der Waals surface area contributed by atoms with Crippen molar-refractivity contribution in [3.8, 4) is 0 Å². The summed E-state index contributed by atoms with van der Waals surface area (Å²) in [5.41, 5.74) is 0. The van der Waals surface area contributed by atoms with E-state index in [2.05, 4.69) is 59.0 Å². The molecule has 0 aliphatic heterocycles. The molecule has 0 bridgehead atoms. The molecule has 0 fully saturated rings. The van der Waals surface area contributed by atoms with Gasteiger partial charge in [-0.25, -0.2) is 0 Å². The predicted octanol–water partition coefficient (Wildman–Crippen LogP) is 3.23. The summed E-state index contributed by atoms with van der Waals surface area (Å²) >= 11 is 4.90. The van der Waals surface area contributed by atoms with Crippen molar-refractivity contribution in [3.63, 3.8) is 0 Å². The standard InChI is InChI=1S/C6H11I2/c1-3-6(8)4-5(2)7/h5-6H,1,3-4H2,2H3. The van der Waals surface area contributed by atoms with E-state index in [1.165, 1.54) is 6.42 Å². The van der Waals surface area contributed by atoms with Crippen LogP contribution < -0.4 is 0 Å². The maximum absolute atomic E-state index is 3.83. The van der Waals surface area contributed by atoms with Crippen molar-refractivity contribution >= 4 is 45.2 Å². The van der Waals surface area contributed by atoms with E-state index in [1.807, 2.05) is 0 Å². The van der Waals surface area contributed by atoms with Gasteiger partial charge in [0, 0.05) is 7.85 Å². The monoisotopic (exact) mass is 337 g/mol. The van der Waals surface area contributed by atoms with E-state index in [0.717, 1.165) is 14.3 Å². The molecule has 2 atom stereocenters. The Labute approximate surface area is 79.1 Å². The Bertz CT molecular complexity index is 52.5. The number of alkyl halides is 2. The van der Waals surface area contributed by atoms with Crippen LogP contribution in [0.15, 0.2) is 0 Å². The van der Waals surface area contributed by atoms with Crippen LogP contribution >= 0.6 is 45.2 Å². The van der Waals surface area contributed by atoms with Crippen LogP contribution in [0.1, 0.15) is 19.8 Å². The van der Waals surface area contributed by atoms with Crippen molar-refractivity contribution in [2.24, 2.45) is 0 Å². The largest absolute Gasteiger partial charge is 0.0829 e. The minimum absolute atomic E-state index is 0.777. The molecule has 1 radical (unpaired) electrons. The summed E-state index contributed by atoms with van der Waals surface area (Å²) < 4.78 is 1.58. The zero-order chi connectivity index (χ0) is 6.57. The van der Waals surface area contributed by atoms with Gasteiger partial charge in [-0.05, 0) is 12.8 Å². The second-order valence-corrected chi connectivity index (χ2v) is 5.79. The SMILES string of the molecule is [CH2]CC(I)CC(C)I. The number of hydrogen-bond acceptors (Lipinski definition) is 0. The fraction of sp³-hybridized carbons (Fsp3) is 0.833. The molecule has 0 aromatic rings. The first-order chi connectivity index (χ1) is 3.66. The Morgan fingerprint density at radius 2 is 2.00 bits per heavy atom. The summed E-state index contributed by atoms with van der Waals surface area (Å²) in [6.07, 6.45) is 2.36.